The quantitative estimate of drug-likeness (QED) is 0.408. The van der Waals surface area contributed by atoms with Crippen molar-refractivity contribution in [2.24, 2.45) is 0 Å². The predicted octanol–water partition coefficient (Wildman–Crippen LogP) is 5.27. The molecule has 2 atom stereocenters. The van der Waals surface area contributed by atoms with Gasteiger partial charge >= 0.3 is 0 Å². The molecule has 0 heterocycles. The van der Waals surface area contributed by atoms with Crippen LogP contribution in [-0.2, 0) is 22.6 Å². The highest BCUT2D eigenvalue weighted by Crippen LogP contribution is 2.18. The molecule has 0 fully saturated rings. The van der Waals surface area contributed by atoms with Crippen molar-refractivity contribution < 1.29 is 14.3 Å². The standard InChI is InChI=1S/C28H31ClN2O3/c1-3-21(2)30-28(33)26(18-22-10-6-4-7-11-22)31(19-23-12-8-5-9-13-23)27(32)20-34-25-16-14-24(29)15-17-25/h4-17,21,26H,3,18-20H2,1-2H3,(H,30,33)/t21-,26-/m1/s1. The Morgan fingerprint density at radius 3 is 2.09 bits per heavy atom. The first kappa shape index (κ1) is 25.3. The molecule has 1 N–H and O–H groups in total. The molecule has 0 saturated carbocycles. The summed E-state index contributed by atoms with van der Waals surface area (Å²) >= 11 is 5.95. The summed E-state index contributed by atoms with van der Waals surface area (Å²) in [7, 11) is 0. The SMILES string of the molecule is CC[C@@H](C)NC(=O)[C@@H](Cc1ccccc1)N(Cc1ccccc1)C(=O)COc1ccc(Cl)cc1. The van der Waals surface area contributed by atoms with Crippen molar-refractivity contribution in [3.05, 3.63) is 101 Å². The van der Waals surface area contributed by atoms with Crippen molar-refractivity contribution in [2.45, 2.75) is 45.3 Å². The van der Waals surface area contributed by atoms with Gasteiger partial charge < -0.3 is 15.0 Å². The Morgan fingerprint density at radius 1 is 0.912 bits per heavy atom. The smallest absolute Gasteiger partial charge is 0.261 e. The minimum Gasteiger partial charge on any atom is -0.484 e. The molecule has 34 heavy (non-hydrogen) atoms. The summed E-state index contributed by atoms with van der Waals surface area (Å²) in [6, 6.07) is 25.6. The van der Waals surface area contributed by atoms with Crippen molar-refractivity contribution in [3.63, 3.8) is 0 Å². The second-order valence-electron chi connectivity index (χ2n) is 8.27. The molecule has 3 rings (SSSR count). The number of nitrogens with zero attached hydrogens (tertiary/aromatic N) is 1. The fourth-order valence-corrected chi connectivity index (χ4v) is 3.66. The third-order valence-corrected chi connectivity index (χ3v) is 5.90. The van der Waals surface area contributed by atoms with Crippen LogP contribution < -0.4 is 10.1 Å². The number of amides is 2. The van der Waals surface area contributed by atoms with Crippen LogP contribution in [0.1, 0.15) is 31.4 Å². The lowest BCUT2D eigenvalue weighted by atomic mass is 10.0. The summed E-state index contributed by atoms with van der Waals surface area (Å²) in [4.78, 5) is 28.5. The highest BCUT2D eigenvalue weighted by molar-refractivity contribution is 6.30. The summed E-state index contributed by atoms with van der Waals surface area (Å²) in [6.07, 6.45) is 1.21. The van der Waals surface area contributed by atoms with Crippen LogP contribution in [0.25, 0.3) is 0 Å². The number of carbonyl (C=O) groups is 2. The van der Waals surface area contributed by atoms with Gasteiger partial charge in [0.1, 0.15) is 11.8 Å². The van der Waals surface area contributed by atoms with Gasteiger partial charge in [0.2, 0.25) is 5.91 Å². The molecule has 0 unspecified atom stereocenters. The van der Waals surface area contributed by atoms with E-state index in [-0.39, 0.29) is 24.5 Å². The van der Waals surface area contributed by atoms with Crippen molar-refractivity contribution in [1.82, 2.24) is 10.2 Å². The number of nitrogens with one attached hydrogen (secondary N) is 1. The third-order valence-electron chi connectivity index (χ3n) is 5.64. The molecule has 2 amide bonds. The predicted molar refractivity (Wildman–Crippen MR) is 136 cm³/mol. The Morgan fingerprint density at radius 2 is 1.50 bits per heavy atom. The van der Waals surface area contributed by atoms with E-state index in [0.717, 1.165) is 17.5 Å². The van der Waals surface area contributed by atoms with Gasteiger partial charge in [0.05, 0.1) is 0 Å². The minimum atomic E-state index is -0.682. The van der Waals surface area contributed by atoms with E-state index in [2.05, 4.69) is 5.32 Å². The van der Waals surface area contributed by atoms with Crippen molar-refractivity contribution >= 4 is 23.4 Å². The zero-order chi connectivity index (χ0) is 24.3. The van der Waals surface area contributed by atoms with Gasteiger partial charge in [0, 0.05) is 24.0 Å². The molecule has 6 heteroatoms. The van der Waals surface area contributed by atoms with Gasteiger partial charge in [-0.25, -0.2) is 0 Å². The Balaban J connectivity index is 1.88. The molecule has 0 saturated heterocycles. The van der Waals surface area contributed by atoms with Gasteiger partial charge in [-0.3, -0.25) is 9.59 Å². The van der Waals surface area contributed by atoms with Crippen molar-refractivity contribution in [1.29, 1.82) is 0 Å². The van der Waals surface area contributed by atoms with Gasteiger partial charge in [0.15, 0.2) is 6.61 Å². The Labute approximate surface area is 206 Å². The van der Waals surface area contributed by atoms with Crippen LogP contribution in [0.15, 0.2) is 84.9 Å². The number of rotatable bonds is 11. The largest absolute Gasteiger partial charge is 0.484 e. The Bertz CT molecular complexity index is 1040. The molecule has 3 aromatic carbocycles. The maximum atomic E-state index is 13.5. The van der Waals surface area contributed by atoms with Crippen LogP contribution in [-0.4, -0.2) is 35.4 Å². The average Bonchev–Trinajstić information content (AvgIpc) is 2.86. The van der Waals surface area contributed by atoms with E-state index in [1.807, 2.05) is 74.5 Å². The molecular weight excluding hydrogens is 448 g/mol. The highest BCUT2D eigenvalue weighted by Gasteiger charge is 2.31. The van der Waals surface area contributed by atoms with Crippen LogP contribution in [0.4, 0.5) is 0 Å². The molecule has 0 spiro atoms. The van der Waals surface area contributed by atoms with E-state index in [4.69, 9.17) is 16.3 Å². The summed E-state index contributed by atoms with van der Waals surface area (Å²) in [5.74, 6) is 0.106. The number of halogens is 1. The summed E-state index contributed by atoms with van der Waals surface area (Å²) in [5.41, 5.74) is 1.92. The maximum absolute atomic E-state index is 13.5. The van der Waals surface area contributed by atoms with E-state index in [1.54, 1.807) is 29.2 Å². The van der Waals surface area contributed by atoms with Crippen molar-refractivity contribution in [3.8, 4) is 5.75 Å². The molecule has 3 aromatic rings. The number of benzene rings is 3. The van der Waals surface area contributed by atoms with E-state index in [9.17, 15) is 9.59 Å². The summed E-state index contributed by atoms with van der Waals surface area (Å²) in [5, 5.41) is 3.65. The average molecular weight is 479 g/mol. The number of carbonyl (C=O) groups excluding carboxylic acids is 2. The fourth-order valence-electron chi connectivity index (χ4n) is 3.53. The zero-order valence-corrected chi connectivity index (χ0v) is 20.4. The van der Waals surface area contributed by atoms with E-state index >= 15 is 0 Å². The van der Waals surface area contributed by atoms with E-state index in [1.165, 1.54) is 0 Å². The maximum Gasteiger partial charge on any atom is 0.261 e. The molecule has 0 bridgehead atoms. The molecule has 5 nitrogen and oxygen atoms in total. The van der Waals surface area contributed by atoms with Gasteiger partial charge in [-0.2, -0.15) is 0 Å². The summed E-state index contributed by atoms with van der Waals surface area (Å²) in [6.45, 7) is 4.10. The number of ether oxygens (including phenoxy) is 1. The van der Waals surface area contributed by atoms with E-state index in [0.29, 0.717) is 23.7 Å². The summed E-state index contributed by atoms with van der Waals surface area (Å²) < 4.78 is 5.74. The van der Waals surface area contributed by atoms with Gasteiger partial charge in [-0.05, 0) is 48.7 Å². The molecule has 0 aliphatic heterocycles. The van der Waals surface area contributed by atoms with Crippen LogP contribution in [0.3, 0.4) is 0 Å². The first-order valence-electron chi connectivity index (χ1n) is 11.5. The number of hydrogen-bond donors (Lipinski definition) is 1. The first-order valence-corrected chi connectivity index (χ1v) is 11.9. The lowest BCUT2D eigenvalue weighted by molar-refractivity contribution is -0.143. The molecular formula is C28H31ClN2O3. The molecule has 0 aliphatic carbocycles. The van der Waals surface area contributed by atoms with Gasteiger partial charge in [-0.1, -0.05) is 79.2 Å². The second-order valence-corrected chi connectivity index (χ2v) is 8.71. The molecule has 0 radical (unpaired) electrons. The van der Waals surface area contributed by atoms with Gasteiger partial charge in [0.25, 0.3) is 5.91 Å². The second kappa shape index (κ2) is 12.8. The number of hydrogen-bond acceptors (Lipinski definition) is 3. The third kappa shape index (κ3) is 7.63. The highest BCUT2D eigenvalue weighted by atomic mass is 35.5. The molecule has 178 valence electrons. The lowest BCUT2D eigenvalue weighted by Crippen LogP contribution is -2.53. The van der Waals surface area contributed by atoms with E-state index < -0.39 is 6.04 Å². The van der Waals surface area contributed by atoms with Gasteiger partial charge in [-0.15, -0.1) is 0 Å². The minimum absolute atomic E-state index is 0.00441. The fraction of sp³-hybridized carbons (Fsp3) is 0.286. The Hall–Kier alpha value is -3.31. The Kier molecular flexibility index (Phi) is 9.53. The normalized spacial score (nSPS) is 12.4. The monoisotopic (exact) mass is 478 g/mol. The zero-order valence-electron chi connectivity index (χ0n) is 19.6. The van der Waals surface area contributed by atoms with Crippen LogP contribution in [0.2, 0.25) is 5.02 Å². The van der Waals surface area contributed by atoms with Crippen LogP contribution in [0.5, 0.6) is 5.75 Å². The van der Waals surface area contributed by atoms with Crippen molar-refractivity contribution in [2.75, 3.05) is 6.61 Å². The topological polar surface area (TPSA) is 58.6 Å². The van der Waals surface area contributed by atoms with Crippen LogP contribution >= 0.6 is 11.6 Å². The molecule has 0 aromatic heterocycles. The molecule has 0 aliphatic rings. The lowest BCUT2D eigenvalue weighted by Gasteiger charge is -2.32. The van der Waals surface area contributed by atoms with Crippen LogP contribution in [0, 0.1) is 0 Å². The first-order chi connectivity index (χ1) is 16.5.